The van der Waals surface area contributed by atoms with Crippen molar-refractivity contribution < 1.29 is 4.74 Å². The van der Waals surface area contributed by atoms with Crippen molar-refractivity contribution in [2.75, 3.05) is 33.3 Å². The number of nitrogens with one attached hydrogen (secondary N) is 1. The maximum absolute atomic E-state index is 5.49. The lowest BCUT2D eigenvalue weighted by atomic mass is 9.55. The maximum atomic E-state index is 5.49. The highest BCUT2D eigenvalue weighted by Crippen LogP contribution is 2.60. The Hall–Kier alpha value is -1.06. The molecule has 0 aromatic heterocycles. The van der Waals surface area contributed by atoms with E-state index in [2.05, 4.69) is 35.3 Å². The molecule has 0 spiro atoms. The molecule has 1 aromatic rings. The van der Waals surface area contributed by atoms with Gasteiger partial charge in [-0.05, 0) is 130 Å². The highest BCUT2D eigenvalue weighted by atomic mass is 16.5. The number of fused-ring (bicyclic) bond motifs is 5. The number of benzene rings is 1. The second kappa shape index (κ2) is 9.43. The number of nitrogens with zero attached hydrogens (tertiary/aromatic N) is 1. The van der Waals surface area contributed by atoms with Crippen molar-refractivity contribution in [3.63, 3.8) is 0 Å². The average molecular weight is 425 g/mol. The number of hydrogen-bond donors (Lipinski definition) is 1. The highest BCUT2D eigenvalue weighted by Gasteiger charge is 2.54. The van der Waals surface area contributed by atoms with E-state index in [0.717, 1.165) is 29.5 Å². The number of unbranched alkanes of at least 4 members (excludes halogenated alkanes) is 3. The summed E-state index contributed by atoms with van der Waals surface area (Å²) in [5, 5.41) is 4.05. The van der Waals surface area contributed by atoms with Crippen LogP contribution >= 0.6 is 0 Å². The zero-order valence-electron chi connectivity index (χ0n) is 20.0. The number of methoxy groups -OCH3 is 1. The second-order valence-corrected chi connectivity index (χ2v) is 11.2. The van der Waals surface area contributed by atoms with E-state index in [9.17, 15) is 0 Å². The van der Waals surface area contributed by atoms with Crippen molar-refractivity contribution in [2.24, 2.45) is 17.3 Å². The van der Waals surface area contributed by atoms with Crippen LogP contribution in [0.2, 0.25) is 0 Å². The smallest absolute Gasteiger partial charge is 0.119 e. The summed E-state index contributed by atoms with van der Waals surface area (Å²) in [4.78, 5) is 2.61. The Bertz CT molecular complexity index is 745. The van der Waals surface area contributed by atoms with E-state index >= 15 is 0 Å². The summed E-state index contributed by atoms with van der Waals surface area (Å²) < 4.78 is 5.49. The van der Waals surface area contributed by atoms with Gasteiger partial charge in [-0.2, -0.15) is 0 Å². The van der Waals surface area contributed by atoms with Crippen LogP contribution in [0, 0.1) is 17.3 Å². The molecule has 1 aliphatic heterocycles. The molecule has 3 heteroatoms. The van der Waals surface area contributed by atoms with Gasteiger partial charge in [0.1, 0.15) is 5.75 Å². The molecule has 1 heterocycles. The summed E-state index contributed by atoms with van der Waals surface area (Å²) >= 11 is 0. The third kappa shape index (κ3) is 4.29. The van der Waals surface area contributed by atoms with E-state index in [1.54, 1.807) is 18.2 Å². The fraction of sp³-hybridized carbons (Fsp3) is 0.786. The van der Waals surface area contributed by atoms with Gasteiger partial charge in [-0.15, -0.1) is 0 Å². The minimum atomic E-state index is 0.517. The second-order valence-electron chi connectivity index (χ2n) is 11.2. The average Bonchev–Trinajstić information content (AvgIpc) is 3.10. The number of hydrogen-bond acceptors (Lipinski definition) is 3. The molecule has 0 radical (unpaired) electrons. The Morgan fingerprint density at radius 1 is 1.06 bits per heavy atom. The topological polar surface area (TPSA) is 24.5 Å². The molecule has 3 aliphatic carbocycles. The first kappa shape index (κ1) is 21.8. The monoisotopic (exact) mass is 424 g/mol. The molecule has 3 nitrogen and oxygen atoms in total. The molecule has 31 heavy (non-hydrogen) atoms. The van der Waals surface area contributed by atoms with Gasteiger partial charge < -0.3 is 15.0 Å². The molecule has 172 valence electrons. The lowest BCUT2D eigenvalue weighted by Gasteiger charge is -2.51. The first-order valence-corrected chi connectivity index (χ1v) is 13.3. The Morgan fingerprint density at radius 2 is 1.94 bits per heavy atom. The van der Waals surface area contributed by atoms with E-state index in [0.29, 0.717) is 5.41 Å². The first-order chi connectivity index (χ1) is 15.2. The predicted octanol–water partition coefficient (Wildman–Crippen LogP) is 5.78. The van der Waals surface area contributed by atoms with Crippen molar-refractivity contribution in [3.05, 3.63) is 29.3 Å². The van der Waals surface area contributed by atoms with Gasteiger partial charge in [-0.1, -0.05) is 25.8 Å². The molecule has 1 unspecified atom stereocenters. The number of rotatable bonds is 9. The summed E-state index contributed by atoms with van der Waals surface area (Å²) in [6, 6.07) is 7.64. The van der Waals surface area contributed by atoms with Gasteiger partial charge >= 0.3 is 0 Å². The van der Waals surface area contributed by atoms with Crippen LogP contribution < -0.4 is 10.1 Å². The van der Waals surface area contributed by atoms with E-state index in [4.69, 9.17) is 4.74 Å². The molecular formula is C28H44N2O. The van der Waals surface area contributed by atoms with Crippen LogP contribution in [0.25, 0.3) is 0 Å². The molecule has 0 amide bonds. The number of aryl methyl sites for hydroxylation is 1. The number of ether oxygens (including phenoxy) is 1. The van der Waals surface area contributed by atoms with Gasteiger partial charge in [-0.25, -0.2) is 0 Å². The molecule has 4 aliphatic rings. The van der Waals surface area contributed by atoms with Crippen LogP contribution in [0.15, 0.2) is 18.2 Å². The third-order valence-electron chi connectivity index (χ3n) is 9.67. The van der Waals surface area contributed by atoms with Crippen LogP contribution in [-0.2, 0) is 6.42 Å². The molecule has 2 saturated carbocycles. The Kier molecular flexibility index (Phi) is 6.62. The summed E-state index contributed by atoms with van der Waals surface area (Å²) in [6.07, 6.45) is 15.3. The van der Waals surface area contributed by atoms with Gasteiger partial charge in [0, 0.05) is 6.04 Å². The summed E-state index contributed by atoms with van der Waals surface area (Å²) in [7, 11) is 1.79. The van der Waals surface area contributed by atoms with Crippen molar-refractivity contribution in [1.29, 1.82) is 0 Å². The number of likely N-dealkylation sites (tertiary alicyclic amines) is 1. The van der Waals surface area contributed by atoms with Gasteiger partial charge in [0.15, 0.2) is 0 Å². The zero-order valence-corrected chi connectivity index (χ0v) is 20.0. The maximum Gasteiger partial charge on any atom is 0.119 e. The van der Waals surface area contributed by atoms with Gasteiger partial charge in [0.05, 0.1) is 7.11 Å². The summed E-state index contributed by atoms with van der Waals surface area (Å²) in [6.45, 7) is 7.91. The molecule has 1 N–H and O–H groups in total. The quantitative estimate of drug-likeness (QED) is 0.509. The molecule has 5 atom stereocenters. The SMILES string of the molecule is COc1ccc2c(c1)CC[C@@H]1[C@@H]2CC[C@]2(C)C(NCCCCCCN3CCC3)CC[C@@H]12. The van der Waals surface area contributed by atoms with Gasteiger partial charge in [0.25, 0.3) is 0 Å². The van der Waals surface area contributed by atoms with Crippen LogP contribution in [0.1, 0.15) is 88.2 Å². The molecular weight excluding hydrogens is 380 g/mol. The largest absolute Gasteiger partial charge is 0.497 e. The fourth-order valence-electron chi connectivity index (χ4n) is 7.72. The minimum Gasteiger partial charge on any atom is -0.497 e. The van der Waals surface area contributed by atoms with Crippen molar-refractivity contribution in [2.45, 2.75) is 89.5 Å². The van der Waals surface area contributed by atoms with E-state index in [1.807, 2.05) is 0 Å². The van der Waals surface area contributed by atoms with E-state index in [1.165, 1.54) is 96.8 Å². The van der Waals surface area contributed by atoms with E-state index in [-0.39, 0.29) is 0 Å². The van der Waals surface area contributed by atoms with Crippen molar-refractivity contribution in [3.8, 4) is 5.75 Å². The zero-order chi connectivity index (χ0) is 21.3. The molecule has 1 aromatic carbocycles. The standard InChI is InChI=1S/C28H44N2O/c1-28-15-14-24-23-11-9-22(31-2)20-21(23)8-10-25(24)26(28)12-13-27(28)29-16-5-3-4-6-17-30-18-7-19-30/h9,11,20,24-27,29H,3-8,10,12-19H2,1-2H3/t24-,25-,26+,27?,28+/m1/s1. The summed E-state index contributed by atoms with van der Waals surface area (Å²) in [5.41, 5.74) is 3.72. The summed E-state index contributed by atoms with van der Waals surface area (Å²) in [5.74, 6) is 3.63. The van der Waals surface area contributed by atoms with Crippen LogP contribution in [0.3, 0.4) is 0 Å². The third-order valence-corrected chi connectivity index (χ3v) is 9.67. The Morgan fingerprint density at radius 3 is 2.74 bits per heavy atom. The van der Waals surface area contributed by atoms with Crippen LogP contribution in [0.5, 0.6) is 5.75 Å². The van der Waals surface area contributed by atoms with E-state index < -0.39 is 0 Å². The molecule has 1 saturated heterocycles. The Labute approximate surface area is 190 Å². The van der Waals surface area contributed by atoms with Crippen LogP contribution in [-0.4, -0.2) is 44.2 Å². The normalized spacial score (nSPS) is 34.5. The lowest BCUT2D eigenvalue weighted by Crippen LogP contribution is -2.48. The molecule has 0 bridgehead atoms. The molecule has 3 fully saturated rings. The fourth-order valence-corrected chi connectivity index (χ4v) is 7.72. The first-order valence-electron chi connectivity index (χ1n) is 13.3. The lowest BCUT2D eigenvalue weighted by molar-refractivity contribution is 0.0412. The van der Waals surface area contributed by atoms with Gasteiger partial charge in [-0.3, -0.25) is 0 Å². The van der Waals surface area contributed by atoms with Crippen molar-refractivity contribution >= 4 is 0 Å². The van der Waals surface area contributed by atoms with Gasteiger partial charge in [0.2, 0.25) is 0 Å². The minimum absolute atomic E-state index is 0.517. The molecule has 5 rings (SSSR count). The van der Waals surface area contributed by atoms with Crippen molar-refractivity contribution in [1.82, 2.24) is 10.2 Å². The predicted molar refractivity (Wildman–Crippen MR) is 129 cm³/mol. The van der Waals surface area contributed by atoms with Crippen LogP contribution in [0.4, 0.5) is 0 Å². The highest BCUT2D eigenvalue weighted by molar-refractivity contribution is 5.40. The Balaban J connectivity index is 1.12.